The number of nitrogens with two attached hydrogens (primary N) is 1. The van der Waals surface area contributed by atoms with Gasteiger partial charge in [0.25, 0.3) is 5.91 Å². The van der Waals surface area contributed by atoms with Crippen LogP contribution in [0, 0.1) is 0 Å². The first-order valence-corrected chi connectivity index (χ1v) is 7.34. The van der Waals surface area contributed by atoms with E-state index in [9.17, 15) is 4.79 Å². The lowest BCUT2D eigenvalue weighted by molar-refractivity contribution is -0.127. The molecular formula is C15H19N3OS. The highest BCUT2D eigenvalue weighted by atomic mass is 32.1. The SMILES string of the molecule is CC(c1cccs1)N(C)C(C(=O)NN)c1ccccc1. The number of nitrogens with zero attached hydrogens (tertiary/aromatic N) is 1. The Balaban J connectivity index is 2.29. The zero-order valence-electron chi connectivity index (χ0n) is 11.6. The molecule has 0 radical (unpaired) electrons. The third kappa shape index (κ3) is 3.07. The van der Waals surface area contributed by atoms with Crippen LogP contribution in [0.25, 0.3) is 0 Å². The number of hydrazine groups is 1. The van der Waals surface area contributed by atoms with E-state index in [4.69, 9.17) is 5.84 Å². The molecule has 2 unspecified atom stereocenters. The van der Waals surface area contributed by atoms with Gasteiger partial charge < -0.3 is 0 Å². The summed E-state index contributed by atoms with van der Waals surface area (Å²) in [6.07, 6.45) is 0. The first-order valence-electron chi connectivity index (χ1n) is 6.46. The number of hydrogen-bond donors (Lipinski definition) is 2. The van der Waals surface area contributed by atoms with Crippen LogP contribution in [0.1, 0.15) is 29.4 Å². The van der Waals surface area contributed by atoms with Gasteiger partial charge in [0.15, 0.2) is 0 Å². The predicted octanol–water partition coefficient (Wildman–Crippen LogP) is 2.47. The highest BCUT2D eigenvalue weighted by Gasteiger charge is 2.28. The van der Waals surface area contributed by atoms with Crippen LogP contribution >= 0.6 is 11.3 Å². The molecule has 1 aromatic carbocycles. The van der Waals surface area contributed by atoms with Gasteiger partial charge in [-0.2, -0.15) is 0 Å². The Bertz CT molecular complexity index is 542. The van der Waals surface area contributed by atoms with Gasteiger partial charge in [0.2, 0.25) is 0 Å². The fourth-order valence-electron chi connectivity index (χ4n) is 2.24. The molecule has 2 atom stereocenters. The number of amides is 1. The number of hydrogen-bond acceptors (Lipinski definition) is 4. The van der Waals surface area contributed by atoms with Crippen molar-refractivity contribution in [2.75, 3.05) is 7.05 Å². The van der Waals surface area contributed by atoms with E-state index < -0.39 is 6.04 Å². The van der Waals surface area contributed by atoms with Gasteiger partial charge in [-0.1, -0.05) is 36.4 Å². The topological polar surface area (TPSA) is 58.4 Å². The third-order valence-electron chi connectivity index (χ3n) is 3.48. The molecule has 0 fully saturated rings. The zero-order chi connectivity index (χ0) is 14.5. The van der Waals surface area contributed by atoms with Crippen molar-refractivity contribution in [1.29, 1.82) is 0 Å². The van der Waals surface area contributed by atoms with Gasteiger partial charge in [-0.3, -0.25) is 15.1 Å². The van der Waals surface area contributed by atoms with Gasteiger partial charge in [0, 0.05) is 10.9 Å². The molecule has 4 nitrogen and oxygen atoms in total. The number of thiophene rings is 1. The van der Waals surface area contributed by atoms with Crippen molar-refractivity contribution < 1.29 is 4.79 Å². The molecular weight excluding hydrogens is 270 g/mol. The van der Waals surface area contributed by atoms with E-state index in [1.807, 2.05) is 53.7 Å². The van der Waals surface area contributed by atoms with E-state index in [0.29, 0.717) is 0 Å². The molecule has 0 bridgehead atoms. The number of nitrogens with one attached hydrogen (secondary N) is 1. The van der Waals surface area contributed by atoms with E-state index >= 15 is 0 Å². The van der Waals surface area contributed by atoms with Gasteiger partial charge in [-0.15, -0.1) is 11.3 Å². The van der Waals surface area contributed by atoms with Crippen molar-refractivity contribution in [2.24, 2.45) is 5.84 Å². The molecule has 5 heteroatoms. The Kier molecular flexibility index (Phi) is 4.89. The monoisotopic (exact) mass is 289 g/mol. The minimum Gasteiger partial charge on any atom is -0.293 e. The Hall–Kier alpha value is -1.69. The van der Waals surface area contributed by atoms with Gasteiger partial charge in [0.05, 0.1) is 0 Å². The summed E-state index contributed by atoms with van der Waals surface area (Å²) >= 11 is 1.69. The Labute approximate surface area is 123 Å². The molecule has 0 aliphatic heterocycles. The maximum Gasteiger partial charge on any atom is 0.255 e. The van der Waals surface area contributed by atoms with Crippen LogP contribution < -0.4 is 11.3 Å². The Morgan fingerprint density at radius 3 is 2.50 bits per heavy atom. The highest BCUT2D eigenvalue weighted by Crippen LogP contribution is 2.31. The molecule has 0 saturated carbocycles. The Morgan fingerprint density at radius 2 is 1.95 bits per heavy atom. The molecule has 2 rings (SSSR count). The van der Waals surface area contributed by atoms with Crippen molar-refractivity contribution in [3.8, 4) is 0 Å². The minimum atomic E-state index is -0.404. The summed E-state index contributed by atoms with van der Waals surface area (Å²) < 4.78 is 0. The van der Waals surface area contributed by atoms with Gasteiger partial charge in [-0.05, 0) is 31.0 Å². The molecule has 1 aromatic heterocycles. The largest absolute Gasteiger partial charge is 0.293 e. The summed E-state index contributed by atoms with van der Waals surface area (Å²) in [5.74, 6) is 5.14. The summed E-state index contributed by atoms with van der Waals surface area (Å²) in [6, 6.07) is 13.5. The van der Waals surface area contributed by atoms with Crippen molar-refractivity contribution in [2.45, 2.75) is 19.0 Å². The van der Waals surface area contributed by atoms with Crippen LogP contribution in [0.3, 0.4) is 0 Å². The normalized spacial score (nSPS) is 14.0. The average Bonchev–Trinajstić information content (AvgIpc) is 3.01. The maximum absolute atomic E-state index is 12.2. The molecule has 0 saturated heterocycles. The summed E-state index contributed by atoms with van der Waals surface area (Å²) in [6.45, 7) is 2.09. The number of likely N-dealkylation sites (N-methyl/N-ethyl adjacent to an activating group) is 1. The average molecular weight is 289 g/mol. The standard InChI is InChI=1S/C15H19N3OS/c1-11(13-9-6-10-20-13)18(2)14(15(19)17-16)12-7-4-3-5-8-12/h3-11,14H,16H2,1-2H3,(H,17,19). The van der Waals surface area contributed by atoms with Crippen LogP contribution in [-0.2, 0) is 4.79 Å². The number of rotatable bonds is 5. The van der Waals surface area contributed by atoms with Crippen LogP contribution in [-0.4, -0.2) is 17.9 Å². The second-order valence-corrected chi connectivity index (χ2v) is 5.66. The molecule has 0 aliphatic carbocycles. The summed E-state index contributed by atoms with van der Waals surface area (Å²) in [4.78, 5) is 15.4. The quantitative estimate of drug-likeness (QED) is 0.505. The van der Waals surface area contributed by atoms with E-state index in [0.717, 1.165) is 5.56 Å². The van der Waals surface area contributed by atoms with Crippen LogP contribution in [0.5, 0.6) is 0 Å². The summed E-state index contributed by atoms with van der Waals surface area (Å²) in [5.41, 5.74) is 3.20. The lowest BCUT2D eigenvalue weighted by atomic mass is 10.0. The number of benzene rings is 1. The minimum absolute atomic E-state index is 0.137. The second-order valence-electron chi connectivity index (χ2n) is 4.68. The molecule has 0 aliphatic rings. The molecule has 1 amide bonds. The second kappa shape index (κ2) is 6.65. The fourth-order valence-corrected chi connectivity index (χ4v) is 3.07. The molecule has 0 spiro atoms. The third-order valence-corrected chi connectivity index (χ3v) is 4.52. The van der Waals surface area contributed by atoms with E-state index in [1.165, 1.54) is 4.88 Å². The summed E-state index contributed by atoms with van der Waals surface area (Å²) in [7, 11) is 1.94. The molecule has 1 heterocycles. The van der Waals surface area contributed by atoms with E-state index in [1.54, 1.807) is 11.3 Å². The van der Waals surface area contributed by atoms with Gasteiger partial charge in [0.1, 0.15) is 6.04 Å². The van der Waals surface area contributed by atoms with Crippen molar-refractivity contribution in [3.63, 3.8) is 0 Å². The van der Waals surface area contributed by atoms with Crippen molar-refractivity contribution in [1.82, 2.24) is 10.3 Å². The smallest absolute Gasteiger partial charge is 0.255 e. The molecule has 3 N–H and O–H groups in total. The molecule has 106 valence electrons. The van der Waals surface area contributed by atoms with Crippen molar-refractivity contribution >= 4 is 17.2 Å². The van der Waals surface area contributed by atoms with E-state index in [2.05, 4.69) is 18.4 Å². The zero-order valence-corrected chi connectivity index (χ0v) is 12.4. The van der Waals surface area contributed by atoms with Gasteiger partial charge >= 0.3 is 0 Å². The number of carbonyl (C=O) groups excluding carboxylic acids is 1. The fraction of sp³-hybridized carbons (Fsp3) is 0.267. The van der Waals surface area contributed by atoms with Gasteiger partial charge in [-0.25, -0.2) is 5.84 Å². The maximum atomic E-state index is 12.2. The van der Waals surface area contributed by atoms with Crippen molar-refractivity contribution in [3.05, 3.63) is 58.3 Å². The first-order chi connectivity index (χ1) is 9.65. The highest BCUT2D eigenvalue weighted by molar-refractivity contribution is 7.10. The van der Waals surface area contributed by atoms with Crippen LogP contribution in [0.4, 0.5) is 0 Å². The summed E-state index contributed by atoms with van der Waals surface area (Å²) in [5, 5.41) is 2.04. The number of carbonyl (C=O) groups is 1. The van der Waals surface area contributed by atoms with Crippen LogP contribution in [0.2, 0.25) is 0 Å². The lowest BCUT2D eigenvalue weighted by Crippen LogP contribution is -2.42. The lowest BCUT2D eigenvalue weighted by Gasteiger charge is -2.31. The predicted molar refractivity (Wildman–Crippen MR) is 82.0 cm³/mol. The van der Waals surface area contributed by atoms with Crippen LogP contribution in [0.15, 0.2) is 47.8 Å². The molecule has 2 aromatic rings. The van der Waals surface area contributed by atoms with E-state index in [-0.39, 0.29) is 11.9 Å². The molecule has 20 heavy (non-hydrogen) atoms. The first kappa shape index (κ1) is 14.7. The Morgan fingerprint density at radius 1 is 1.25 bits per heavy atom.